The van der Waals surface area contributed by atoms with Crippen LogP contribution in [0.1, 0.15) is 265 Å². The van der Waals surface area contributed by atoms with Gasteiger partial charge in [0.15, 0.2) is 12.6 Å². The molecule has 0 aromatic heterocycles. The van der Waals surface area contributed by atoms with Crippen molar-refractivity contribution in [1.82, 2.24) is 10.6 Å². The van der Waals surface area contributed by atoms with Crippen LogP contribution in [0, 0.1) is 0 Å². The minimum atomic E-state index is -3.08. The fourth-order valence-electron chi connectivity index (χ4n) is 12.6. The molecule has 0 spiro atoms. The fraction of sp³-hybridized carbons (Fsp3) is 0.900. The number of amides is 2. The molecule has 0 bridgehead atoms. The van der Waals surface area contributed by atoms with Gasteiger partial charge >= 0.3 is 5.97 Å². The Hall–Kier alpha value is -2.79. The standard InChI is InChI=1S/C70H128N2O21/c1-4-6-8-10-12-14-16-18-20-22-23-24-25-26-28-30-32-34-36-38-40-42-44-57(80)72-51(52(77)43-41-39-37-35-33-31-29-27-21-19-17-15-13-11-9-7-5-2)49-88-67-62(84)61(83)64(56(48-75)90-67)91-68-63(85)66(60(82)55(47-74)89-68)93-70(69(86)87)45-53(78)58(71-50(3)76)65(92-70)59(81)54(79)46-73/h25-26,41,43,51-56,58-68,73-75,77-79,81-85H,4-24,27-40,42,44-49H2,1-3H3,(H,71,76)(H,72,80)(H,86,87)/b26-25-,43-41+. The molecule has 93 heavy (non-hydrogen) atoms. The summed E-state index contributed by atoms with van der Waals surface area (Å²) in [5.74, 6) is -6.14. The van der Waals surface area contributed by atoms with Crippen LogP contribution >= 0.6 is 0 Å². The topological polar surface area (TPSA) is 373 Å². The van der Waals surface area contributed by atoms with E-state index in [0.717, 1.165) is 77.6 Å². The predicted octanol–water partition coefficient (Wildman–Crippen LogP) is 7.23. The van der Waals surface area contributed by atoms with E-state index in [2.05, 4.69) is 36.6 Å². The number of aliphatic hydroxyl groups excluding tert-OH is 11. The van der Waals surface area contributed by atoms with Crippen molar-refractivity contribution < 1.29 is 104 Å². The summed E-state index contributed by atoms with van der Waals surface area (Å²) in [7, 11) is 0. The number of ether oxygens (including phenoxy) is 6. The third-order valence-corrected chi connectivity index (χ3v) is 18.4. The van der Waals surface area contributed by atoms with E-state index in [9.17, 15) is 75.7 Å². The first-order valence-electron chi connectivity index (χ1n) is 36.2. The average molecular weight is 1330 g/mol. The highest BCUT2D eigenvalue weighted by atomic mass is 16.8. The lowest BCUT2D eigenvalue weighted by Gasteiger charge is -2.50. The van der Waals surface area contributed by atoms with Crippen molar-refractivity contribution in [2.24, 2.45) is 0 Å². The second-order valence-electron chi connectivity index (χ2n) is 26.4. The fourth-order valence-corrected chi connectivity index (χ4v) is 12.6. The minimum Gasteiger partial charge on any atom is -0.477 e. The van der Waals surface area contributed by atoms with Crippen molar-refractivity contribution in [3.63, 3.8) is 0 Å². The molecule has 2 amide bonds. The number of carboxylic acids is 1. The molecule has 18 atom stereocenters. The van der Waals surface area contributed by atoms with Gasteiger partial charge in [-0.15, -0.1) is 0 Å². The quantitative estimate of drug-likeness (QED) is 0.0211. The zero-order valence-electron chi connectivity index (χ0n) is 56.9. The highest BCUT2D eigenvalue weighted by Crippen LogP contribution is 2.39. The Morgan fingerprint density at radius 2 is 1.01 bits per heavy atom. The number of carbonyl (C=O) groups excluding carboxylic acids is 2. The van der Waals surface area contributed by atoms with E-state index in [1.807, 2.05) is 6.08 Å². The zero-order valence-corrected chi connectivity index (χ0v) is 56.9. The molecule has 3 heterocycles. The molecule has 0 aliphatic carbocycles. The highest BCUT2D eigenvalue weighted by molar-refractivity contribution is 5.77. The van der Waals surface area contributed by atoms with Gasteiger partial charge in [-0.2, -0.15) is 0 Å². The number of carbonyl (C=O) groups is 3. The van der Waals surface area contributed by atoms with Gasteiger partial charge in [-0.25, -0.2) is 4.79 Å². The number of aliphatic carboxylic acids is 1. The van der Waals surface area contributed by atoms with Crippen molar-refractivity contribution in [3.8, 4) is 0 Å². The van der Waals surface area contributed by atoms with Crippen LogP contribution in [-0.2, 0) is 42.8 Å². The second kappa shape index (κ2) is 50.5. The Bertz CT molecular complexity index is 1970. The Morgan fingerprint density at radius 3 is 1.46 bits per heavy atom. The van der Waals surface area contributed by atoms with Crippen molar-refractivity contribution in [1.29, 1.82) is 0 Å². The van der Waals surface area contributed by atoms with Gasteiger partial charge in [0.25, 0.3) is 5.79 Å². The summed E-state index contributed by atoms with van der Waals surface area (Å²) in [6.07, 6.45) is 22.1. The van der Waals surface area contributed by atoms with E-state index in [1.165, 1.54) is 148 Å². The summed E-state index contributed by atoms with van der Waals surface area (Å²) in [5.41, 5.74) is 0. The molecule has 23 nitrogen and oxygen atoms in total. The van der Waals surface area contributed by atoms with E-state index >= 15 is 0 Å². The number of hydrogen-bond acceptors (Lipinski definition) is 20. The molecule has 0 radical (unpaired) electrons. The van der Waals surface area contributed by atoms with Gasteiger partial charge in [-0.05, 0) is 44.9 Å². The summed E-state index contributed by atoms with van der Waals surface area (Å²) in [6, 6.07) is -2.62. The lowest BCUT2D eigenvalue weighted by molar-refractivity contribution is -0.386. The molecular formula is C70H128N2O21. The van der Waals surface area contributed by atoms with Crippen molar-refractivity contribution in [3.05, 3.63) is 24.3 Å². The Balaban J connectivity index is 1.58. The Morgan fingerprint density at radius 1 is 0.559 bits per heavy atom. The van der Waals surface area contributed by atoms with Gasteiger partial charge < -0.3 is 100 Å². The maximum atomic E-state index is 13.5. The van der Waals surface area contributed by atoms with Crippen LogP contribution in [0.3, 0.4) is 0 Å². The molecule has 0 saturated carbocycles. The van der Waals surface area contributed by atoms with Crippen LogP contribution in [0.15, 0.2) is 24.3 Å². The third kappa shape index (κ3) is 32.6. The first-order valence-corrected chi connectivity index (χ1v) is 36.2. The second-order valence-corrected chi connectivity index (χ2v) is 26.4. The molecule has 3 rings (SSSR count). The third-order valence-electron chi connectivity index (χ3n) is 18.4. The normalized spacial score (nSPS) is 28.2. The van der Waals surface area contributed by atoms with Crippen LogP contribution in [0.2, 0.25) is 0 Å². The highest BCUT2D eigenvalue weighted by Gasteiger charge is 2.60. The van der Waals surface area contributed by atoms with Crippen LogP contribution < -0.4 is 10.6 Å². The molecular weight excluding hydrogens is 1200 g/mol. The summed E-state index contributed by atoms with van der Waals surface area (Å²) in [6.45, 7) is 2.15. The molecule has 0 aromatic carbocycles. The van der Waals surface area contributed by atoms with Gasteiger partial charge in [0.1, 0.15) is 67.1 Å². The number of rotatable bonds is 55. The van der Waals surface area contributed by atoms with E-state index in [4.69, 9.17) is 28.4 Å². The number of allylic oxidation sites excluding steroid dienone is 3. The first kappa shape index (κ1) is 84.4. The molecule has 3 aliphatic rings. The largest absolute Gasteiger partial charge is 0.477 e. The molecule has 23 heteroatoms. The smallest absolute Gasteiger partial charge is 0.364 e. The molecule has 3 saturated heterocycles. The van der Waals surface area contributed by atoms with Gasteiger partial charge in [0.05, 0.1) is 50.7 Å². The van der Waals surface area contributed by atoms with Gasteiger partial charge in [-0.1, -0.05) is 224 Å². The van der Waals surface area contributed by atoms with E-state index in [1.54, 1.807) is 6.08 Å². The zero-order chi connectivity index (χ0) is 68.2. The molecule has 0 aromatic rings. The van der Waals surface area contributed by atoms with Crippen LogP contribution in [0.25, 0.3) is 0 Å². The summed E-state index contributed by atoms with van der Waals surface area (Å²) in [5, 5.41) is 136. The van der Waals surface area contributed by atoms with Crippen LogP contribution in [-0.4, -0.2) is 215 Å². The minimum absolute atomic E-state index is 0.196. The Kier molecular flexibility index (Phi) is 45.9. The van der Waals surface area contributed by atoms with Crippen LogP contribution in [0.5, 0.6) is 0 Å². The molecule has 3 aliphatic heterocycles. The maximum Gasteiger partial charge on any atom is 0.364 e. The first-order chi connectivity index (χ1) is 44.9. The molecule has 3 fully saturated rings. The molecule has 544 valence electrons. The number of aliphatic hydroxyl groups is 11. The predicted molar refractivity (Wildman–Crippen MR) is 352 cm³/mol. The summed E-state index contributed by atoms with van der Waals surface area (Å²) >= 11 is 0. The summed E-state index contributed by atoms with van der Waals surface area (Å²) < 4.78 is 34.8. The van der Waals surface area contributed by atoms with E-state index in [0.29, 0.717) is 12.8 Å². The van der Waals surface area contributed by atoms with Gasteiger partial charge in [-0.3, -0.25) is 9.59 Å². The average Bonchev–Trinajstić information content (AvgIpc) is 0.790. The van der Waals surface area contributed by atoms with Gasteiger partial charge in [0.2, 0.25) is 11.8 Å². The monoisotopic (exact) mass is 1330 g/mol. The number of carboxylic acid groups (broad SMARTS) is 1. The number of hydrogen-bond donors (Lipinski definition) is 14. The maximum absolute atomic E-state index is 13.5. The molecule has 14 N–H and O–H groups in total. The van der Waals surface area contributed by atoms with Crippen molar-refractivity contribution >= 4 is 17.8 Å². The summed E-state index contributed by atoms with van der Waals surface area (Å²) in [4.78, 5) is 38.6. The number of unbranched alkanes of at least 4 members (excludes halogenated alkanes) is 33. The lowest BCUT2D eigenvalue weighted by Crippen LogP contribution is -2.70. The SMILES string of the molecule is CCCCCCCCCCCCC/C=C\CCCCCCCCCC(=O)NC(COC1OC(CO)C(OC2OC(CO)C(O)C(OC3(C(=O)O)CC(O)C(NC(C)=O)C(C(O)C(O)CO)O3)C2O)C(O)C1O)C(O)/C=C/CCCCCCCCCCCCCCCCC. The van der Waals surface area contributed by atoms with Crippen molar-refractivity contribution in [2.45, 2.75) is 375 Å². The van der Waals surface area contributed by atoms with Crippen molar-refractivity contribution in [2.75, 3.05) is 26.4 Å². The van der Waals surface area contributed by atoms with Gasteiger partial charge in [0, 0.05) is 19.8 Å². The van der Waals surface area contributed by atoms with E-state index in [-0.39, 0.29) is 12.3 Å². The van der Waals surface area contributed by atoms with E-state index < -0.39 is 155 Å². The van der Waals surface area contributed by atoms with Crippen LogP contribution in [0.4, 0.5) is 0 Å². The molecule has 18 unspecified atom stereocenters. The lowest BCUT2D eigenvalue weighted by atomic mass is 9.88. The Labute approximate surface area is 555 Å². The number of nitrogens with one attached hydrogen (secondary N) is 2.